The summed E-state index contributed by atoms with van der Waals surface area (Å²) in [5.41, 5.74) is 0.593. The molecule has 1 fully saturated rings. The van der Waals surface area contributed by atoms with E-state index in [1.165, 1.54) is 0 Å². The molecule has 2 rings (SSSR count). The van der Waals surface area contributed by atoms with E-state index in [1.54, 1.807) is 23.2 Å². The van der Waals surface area contributed by atoms with Crippen molar-refractivity contribution < 1.29 is 14.3 Å². The average molecular weight is 236 g/mol. The summed E-state index contributed by atoms with van der Waals surface area (Å²) in [5.74, 6) is 0.551. The monoisotopic (exact) mass is 236 g/mol. The fraction of sp³-hybridized carbons (Fsp3) is 0.500. The normalized spacial score (nSPS) is 15.7. The Kier molecular flexibility index (Phi) is 3.93. The van der Waals surface area contributed by atoms with Crippen molar-refractivity contribution in [3.05, 3.63) is 23.9 Å². The number of hydrogen-bond acceptors (Lipinski definition) is 4. The van der Waals surface area contributed by atoms with E-state index < -0.39 is 0 Å². The second-order valence-electron chi connectivity index (χ2n) is 3.72. The van der Waals surface area contributed by atoms with Gasteiger partial charge in [0.15, 0.2) is 0 Å². The van der Waals surface area contributed by atoms with E-state index in [2.05, 4.69) is 4.98 Å². The van der Waals surface area contributed by atoms with E-state index in [4.69, 9.17) is 9.47 Å². The maximum absolute atomic E-state index is 12.1. The minimum atomic E-state index is 0.00356. The summed E-state index contributed by atoms with van der Waals surface area (Å²) < 4.78 is 10.4. The first-order chi connectivity index (χ1) is 8.31. The first kappa shape index (κ1) is 11.9. The lowest BCUT2D eigenvalue weighted by Gasteiger charge is -2.26. The average Bonchev–Trinajstić information content (AvgIpc) is 2.40. The minimum absolute atomic E-state index is 0.00356. The van der Waals surface area contributed by atoms with E-state index in [1.807, 2.05) is 6.92 Å². The second-order valence-corrected chi connectivity index (χ2v) is 3.72. The highest BCUT2D eigenvalue weighted by molar-refractivity contribution is 5.94. The number of aromatic nitrogens is 1. The van der Waals surface area contributed by atoms with E-state index in [9.17, 15) is 4.79 Å². The van der Waals surface area contributed by atoms with Gasteiger partial charge in [-0.05, 0) is 13.0 Å². The lowest BCUT2D eigenvalue weighted by atomic mass is 10.2. The second kappa shape index (κ2) is 5.63. The molecule has 17 heavy (non-hydrogen) atoms. The lowest BCUT2D eigenvalue weighted by molar-refractivity contribution is 0.0302. The number of carbonyl (C=O) groups is 1. The molecule has 0 N–H and O–H groups in total. The fourth-order valence-corrected chi connectivity index (χ4v) is 1.69. The zero-order chi connectivity index (χ0) is 12.1. The number of rotatable bonds is 3. The van der Waals surface area contributed by atoms with Crippen LogP contribution < -0.4 is 4.74 Å². The first-order valence-corrected chi connectivity index (χ1v) is 5.77. The number of nitrogens with zero attached hydrogens (tertiary/aromatic N) is 2. The van der Waals surface area contributed by atoms with Gasteiger partial charge < -0.3 is 14.4 Å². The highest BCUT2D eigenvalue weighted by atomic mass is 16.5. The molecule has 92 valence electrons. The molecule has 0 spiro atoms. The van der Waals surface area contributed by atoms with Gasteiger partial charge in [-0.25, -0.2) is 4.98 Å². The molecule has 0 aromatic carbocycles. The predicted molar refractivity (Wildman–Crippen MR) is 62.1 cm³/mol. The fourth-order valence-electron chi connectivity index (χ4n) is 1.69. The van der Waals surface area contributed by atoms with Crippen LogP contribution in [0.5, 0.6) is 5.88 Å². The van der Waals surface area contributed by atoms with Crippen LogP contribution in [0.15, 0.2) is 18.3 Å². The van der Waals surface area contributed by atoms with Gasteiger partial charge in [-0.1, -0.05) is 0 Å². The van der Waals surface area contributed by atoms with Gasteiger partial charge in [-0.2, -0.15) is 0 Å². The standard InChI is InChI=1S/C12H16N2O3/c1-2-17-11-4-3-10(9-13-11)12(15)14-5-7-16-8-6-14/h3-4,9H,2,5-8H2,1H3. The Balaban J connectivity index is 2.03. The highest BCUT2D eigenvalue weighted by Crippen LogP contribution is 2.10. The molecule has 1 aliphatic heterocycles. The number of morpholine rings is 1. The molecule has 1 aromatic heterocycles. The smallest absolute Gasteiger partial charge is 0.255 e. The molecule has 1 amide bonds. The van der Waals surface area contributed by atoms with Gasteiger partial charge >= 0.3 is 0 Å². The molecule has 5 nitrogen and oxygen atoms in total. The third kappa shape index (κ3) is 2.94. The Bertz CT molecular complexity index is 372. The quantitative estimate of drug-likeness (QED) is 0.784. The highest BCUT2D eigenvalue weighted by Gasteiger charge is 2.18. The van der Waals surface area contributed by atoms with Crippen molar-refractivity contribution in [1.82, 2.24) is 9.88 Å². The largest absolute Gasteiger partial charge is 0.478 e. The van der Waals surface area contributed by atoms with E-state index in [0.29, 0.717) is 44.4 Å². The van der Waals surface area contributed by atoms with Crippen molar-refractivity contribution in [2.45, 2.75) is 6.92 Å². The third-order valence-corrected chi connectivity index (χ3v) is 2.57. The van der Waals surface area contributed by atoms with Crippen molar-refractivity contribution in [2.75, 3.05) is 32.9 Å². The van der Waals surface area contributed by atoms with Gasteiger partial charge in [-0.15, -0.1) is 0 Å². The third-order valence-electron chi connectivity index (χ3n) is 2.57. The van der Waals surface area contributed by atoms with Gasteiger partial charge in [0.25, 0.3) is 5.91 Å². The van der Waals surface area contributed by atoms with Crippen molar-refractivity contribution in [2.24, 2.45) is 0 Å². The zero-order valence-electron chi connectivity index (χ0n) is 9.89. The van der Waals surface area contributed by atoms with Crippen molar-refractivity contribution >= 4 is 5.91 Å². The Morgan fingerprint density at radius 1 is 1.47 bits per heavy atom. The summed E-state index contributed by atoms with van der Waals surface area (Å²) in [7, 11) is 0. The molecule has 0 unspecified atom stereocenters. The van der Waals surface area contributed by atoms with E-state index >= 15 is 0 Å². The summed E-state index contributed by atoms with van der Waals surface area (Å²) in [6.45, 7) is 4.97. The molecule has 1 aliphatic rings. The first-order valence-electron chi connectivity index (χ1n) is 5.77. The molecule has 2 heterocycles. The molecule has 0 radical (unpaired) electrons. The predicted octanol–water partition coefficient (Wildman–Crippen LogP) is 0.953. The Morgan fingerprint density at radius 3 is 2.82 bits per heavy atom. The minimum Gasteiger partial charge on any atom is -0.478 e. The van der Waals surface area contributed by atoms with E-state index in [-0.39, 0.29) is 5.91 Å². The van der Waals surface area contributed by atoms with Gasteiger partial charge in [0.1, 0.15) is 0 Å². The van der Waals surface area contributed by atoms with Gasteiger partial charge in [-0.3, -0.25) is 4.79 Å². The van der Waals surface area contributed by atoms with Crippen LogP contribution >= 0.6 is 0 Å². The molecule has 1 saturated heterocycles. The van der Waals surface area contributed by atoms with Crippen LogP contribution in [0.4, 0.5) is 0 Å². The summed E-state index contributed by atoms with van der Waals surface area (Å²) in [6.07, 6.45) is 1.56. The van der Waals surface area contributed by atoms with Crippen LogP contribution in [0.3, 0.4) is 0 Å². The van der Waals surface area contributed by atoms with Gasteiger partial charge in [0.2, 0.25) is 5.88 Å². The Hall–Kier alpha value is -1.62. The molecule has 0 atom stereocenters. The maximum Gasteiger partial charge on any atom is 0.255 e. The maximum atomic E-state index is 12.1. The molecule has 0 aliphatic carbocycles. The number of carbonyl (C=O) groups excluding carboxylic acids is 1. The topological polar surface area (TPSA) is 51.7 Å². The summed E-state index contributed by atoms with van der Waals surface area (Å²) in [6, 6.07) is 3.47. The SMILES string of the molecule is CCOc1ccc(C(=O)N2CCOCC2)cn1. The van der Waals surface area contributed by atoms with Crippen LogP contribution in [0.25, 0.3) is 0 Å². The van der Waals surface area contributed by atoms with Crippen LogP contribution in [-0.2, 0) is 4.74 Å². The molecule has 1 aromatic rings. The van der Waals surface area contributed by atoms with Crippen LogP contribution in [0, 0.1) is 0 Å². The van der Waals surface area contributed by atoms with E-state index in [0.717, 1.165) is 0 Å². The van der Waals surface area contributed by atoms with Crippen molar-refractivity contribution in [3.63, 3.8) is 0 Å². The lowest BCUT2D eigenvalue weighted by Crippen LogP contribution is -2.40. The number of amides is 1. The van der Waals surface area contributed by atoms with Crippen LogP contribution in [0.1, 0.15) is 17.3 Å². The number of hydrogen-bond donors (Lipinski definition) is 0. The summed E-state index contributed by atoms with van der Waals surface area (Å²) in [4.78, 5) is 17.9. The van der Waals surface area contributed by atoms with Gasteiger partial charge in [0.05, 0.1) is 25.4 Å². The van der Waals surface area contributed by atoms with Crippen molar-refractivity contribution in [3.8, 4) is 5.88 Å². The number of ether oxygens (including phenoxy) is 2. The number of pyridine rings is 1. The molecule has 0 saturated carbocycles. The zero-order valence-corrected chi connectivity index (χ0v) is 9.89. The van der Waals surface area contributed by atoms with Crippen molar-refractivity contribution in [1.29, 1.82) is 0 Å². The van der Waals surface area contributed by atoms with Crippen LogP contribution in [0.2, 0.25) is 0 Å². The Morgan fingerprint density at radius 2 is 2.24 bits per heavy atom. The van der Waals surface area contributed by atoms with Gasteiger partial charge in [0, 0.05) is 25.4 Å². The molecule has 5 heteroatoms. The summed E-state index contributed by atoms with van der Waals surface area (Å²) >= 11 is 0. The Labute approximate surface area is 100 Å². The molecule has 0 bridgehead atoms. The van der Waals surface area contributed by atoms with Crippen LogP contribution in [-0.4, -0.2) is 48.7 Å². The molecular formula is C12H16N2O3. The summed E-state index contributed by atoms with van der Waals surface area (Å²) in [5, 5.41) is 0. The molecular weight excluding hydrogens is 220 g/mol.